The van der Waals surface area contributed by atoms with E-state index in [4.69, 9.17) is 16.6 Å². The van der Waals surface area contributed by atoms with Gasteiger partial charge >= 0.3 is 6.18 Å². The Kier molecular flexibility index (Phi) is 8.09. The molecule has 2 N–H and O–H groups in total. The zero-order chi connectivity index (χ0) is 32.1. The minimum absolute atomic E-state index is 0.0219. The average Bonchev–Trinajstić information content (AvgIpc) is 3.30. The van der Waals surface area contributed by atoms with Crippen LogP contribution in [0.3, 0.4) is 0 Å². The summed E-state index contributed by atoms with van der Waals surface area (Å²) in [5.74, 6) is -0.647. The van der Waals surface area contributed by atoms with E-state index in [1.165, 1.54) is 22.9 Å². The third-order valence-electron chi connectivity index (χ3n) is 7.05. The summed E-state index contributed by atoms with van der Waals surface area (Å²) in [4.78, 5) is 37.0. The molecular weight excluding hydrogens is 625 g/mol. The molecule has 1 amide bonds. The molecule has 0 saturated heterocycles. The quantitative estimate of drug-likeness (QED) is 0.287. The first-order valence-electron chi connectivity index (χ1n) is 13.3. The van der Waals surface area contributed by atoms with Crippen molar-refractivity contribution in [1.82, 2.24) is 29.0 Å². The lowest BCUT2D eigenvalue weighted by atomic mass is 10.0. The highest BCUT2D eigenvalue weighted by molar-refractivity contribution is 7.89. The summed E-state index contributed by atoms with van der Waals surface area (Å²) in [5, 5.41) is 7.57. The van der Waals surface area contributed by atoms with Gasteiger partial charge in [0.05, 0.1) is 34.6 Å². The van der Waals surface area contributed by atoms with Gasteiger partial charge in [0.25, 0.3) is 11.5 Å². The summed E-state index contributed by atoms with van der Waals surface area (Å²) in [7, 11) is -2.30. The highest BCUT2D eigenvalue weighted by Gasteiger charge is 2.31. The Morgan fingerprint density at radius 1 is 1.20 bits per heavy atom. The van der Waals surface area contributed by atoms with Crippen molar-refractivity contribution >= 4 is 50.1 Å². The van der Waals surface area contributed by atoms with Crippen LogP contribution in [0.2, 0.25) is 5.15 Å². The maximum atomic E-state index is 13.6. The lowest BCUT2D eigenvalue weighted by Gasteiger charge is -2.29. The van der Waals surface area contributed by atoms with E-state index in [9.17, 15) is 31.2 Å². The third kappa shape index (κ3) is 6.65. The van der Waals surface area contributed by atoms with Gasteiger partial charge in [0.15, 0.2) is 5.69 Å². The molecule has 0 bridgehead atoms. The molecular formula is C27H28ClF3N8O4S. The number of nitrogens with one attached hydrogen (secondary N) is 2. The molecule has 5 rings (SSSR count). The monoisotopic (exact) mass is 652 g/mol. The van der Waals surface area contributed by atoms with Crippen molar-refractivity contribution in [1.29, 1.82) is 0 Å². The van der Waals surface area contributed by atoms with Gasteiger partial charge in [-0.3, -0.25) is 18.8 Å². The summed E-state index contributed by atoms with van der Waals surface area (Å²) in [6.45, 7) is 3.00. The predicted molar refractivity (Wildman–Crippen MR) is 158 cm³/mol. The minimum Gasteiger partial charge on any atom is -0.377 e. The molecule has 44 heavy (non-hydrogen) atoms. The number of hydrogen-bond donors (Lipinski definition) is 2. The molecule has 0 fully saturated rings. The Bertz CT molecular complexity index is 1960. The van der Waals surface area contributed by atoms with E-state index in [0.717, 1.165) is 16.5 Å². The number of pyridine rings is 1. The molecule has 1 aliphatic rings. The van der Waals surface area contributed by atoms with Gasteiger partial charge in [-0.05, 0) is 37.6 Å². The van der Waals surface area contributed by atoms with Crippen molar-refractivity contribution in [2.45, 2.75) is 45.6 Å². The molecule has 1 aromatic carbocycles. The maximum Gasteiger partial charge on any atom is 0.408 e. The van der Waals surface area contributed by atoms with Crippen LogP contribution in [0.5, 0.6) is 0 Å². The second kappa shape index (κ2) is 11.4. The number of aryl methyl sites for hydroxylation is 1. The highest BCUT2D eigenvalue weighted by atomic mass is 35.5. The van der Waals surface area contributed by atoms with Crippen LogP contribution >= 0.6 is 11.6 Å². The molecule has 4 aromatic rings. The van der Waals surface area contributed by atoms with Gasteiger partial charge in [-0.2, -0.15) is 18.3 Å². The maximum absolute atomic E-state index is 13.6. The van der Waals surface area contributed by atoms with Crippen LogP contribution < -0.4 is 20.5 Å². The first-order valence-corrected chi connectivity index (χ1v) is 15.6. The zero-order valence-corrected chi connectivity index (χ0v) is 25.6. The number of alkyl halides is 3. The largest absolute Gasteiger partial charge is 0.408 e. The Labute approximate surface area is 254 Å². The molecule has 0 saturated carbocycles. The molecule has 1 aliphatic heterocycles. The van der Waals surface area contributed by atoms with Crippen LogP contribution in [0.15, 0.2) is 35.3 Å². The van der Waals surface area contributed by atoms with Gasteiger partial charge in [-0.1, -0.05) is 17.7 Å². The smallest absolute Gasteiger partial charge is 0.377 e. The molecule has 0 aliphatic carbocycles. The second-order valence-corrected chi connectivity index (χ2v) is 12.8. The second-order valence-electron chi connectivity index (χ2n) is 10.7. The lowest BCUT2D eigenvalue weighted by Crippen LogP contribution is -2.36. The number of rotatable bonds is 7. The van der Waals surface area contributed by atoms with Gasteiger partial charge in [-0.15, -0.1) is 0 Å². The van der Waals surface area contributed by atoms with Crippen molar-refractivity contribution in [3.63, 3.8) is 0 Å². The summed E-state index contributed by atoms with van der Waals surface area (Å²) < 4.78 is 66.3. The van der Waals surface area contributed by atoms with Crippen molar-refractivity contribution in [2.75, 3.05) is 23.0 Å². The normalized spacial score (nSPS) is 14.4. The molecule has 0 unspecified atom stereocenters. The van der Waals surface area contributed by atoms with Gasteiger partial charge < -0.3 is 10.2 Å². The fourth-order valence-electron chi connectivity index (χ4n) is 5.21. The SMILES string of the molecule is Cc1cc([C@@H](C)Nc2ccc(Cl)nc2C(=O)NS(C)(=O)=O)c2nc(N3CCc4nn(CC(F)(F)F)cc4C3)n(C)c(=O)c2c1. The molecule has 17 heteroatoms. The fraction of sp³-hybridized carbons (Fsp3) is 0.370. The van der Waals surface area contributed by atoms with Crippen LogP contribution in [0, 0.1) is 6.92 Å². The van der Waals surface area contributed by atoms with Crippen LogP contribution in [-0.4, -0.2) is 57.6 Å². The Balaban J connectivity index is 1.52. The number of benzene rings is 1. The minimum atomic E-state index is -4.41. The van der Waals surface area contributed by atoms with E-state index in [-0.39, 0.29) is 28.6 Å². The number of anilines is 2. The first-order chi connectivity index (χ1) is 20.5. The molecule has 0 radical (unpaired) electrons. The standard InChI is InChI=1S/C27H28ClF3N8O4S/c1-14-9-17(15(2)32-20-5-6-21(28)33-23(20)24(40)36-44(4,42)43)22-18(10-14)25(41)37(3)26(34-22)38-8-7-19-16(11-38)12-39(35-19)13-27(29,30)31/h5-6,9-10,12,15,32H,7-8,11,13H2,1-4H3,(H,36,40)/t15-/m1/s1. The number of carbonyl (C=O) groups is 1. The predicted octanol–water partition coefficient (Wildman–Crippen LogP) is 3.47. The highest BCUT2D eigenvalue weighted by Crippen LogP contribution is 2.30. The third-order valence-corrected chi connectivity index (χ3v) is 7.82. The molecule has 3 aromatic heterocycles. The first kappa shape index (κ1) is 31.3. The van der Waals surface area contributed by atoms with E-state index >= 15 is 0 Å². The topological polar surface area (TPSA) is 144 Å². The number of nitrogens with zero attached hydrogens (tertiary/aromatic N) is 6. The number of amides is 1. The molecule has 1 atom stereocenters. The van der Waals surface area contributed by atoms with E-state index in [2.05, 4.69) is 15.4 Å². The van der Waals surface area contributed by atoms with Crippen LogP contribution in [0.25, 0.3) is 10.9 Å². The van der Waals surface area contributed by atoms with Gasteiger partial charge in [0, 0.05) is 43.9 Å². The number of aromatic nitrogens is 5. The molecule has 4 heterocycles. The van der Waals surface area contributed by atoms with Crippen molar-refractivity contribution in [3.05, 3.63) is 74.0 Å². The summed E-state index contributed by atoms with van der Waals surface area (Å²) in [6.07, 6.45) is -1.83. The van der Waals surface area contributed by atoms with Crippen molar-refractivity contribution < 1.29 is 26.4 Å². The Morgan fingerprint density at radius 3 is 2.61 bits per heavy atom. The van der Waals surface area contributed by atoms with Gasteiger partial charge in [0.1, 0.15) is 11.7 Å². The fourth-order valence-corrected chi connectivity index (χ4v) is 5.79. The lowest BCUT2D eigenvalue weighted by molar-refractivity contribution is -0.142. The average molecular weight is 653 g/mol. The van der Waals surface area contributed by atoms with Gasteiger partial charge in [0.2, 0.25) is 16.0 Å². The number of fused-ring (bicyclic) bond motifs is 2. The summed E-state index contributed by atoms with van der Waals surface area (Å²) in [5.41, 5.74) is 2.59. The molecule has 234 valence electrons. The van der Waals surface area contributed by atoms with Crippen LogP contribution in [0.1, 0.15) is 45.8 Å². The van der Waals surface area contributed by atoms with Crippen LogP contribution in [0.4, 0.5) is 24.8 Å². The van der Waals surface area contributed by atoms with Crippen molar-refractivity contribution in [3.8, 4) is 0 Å². The molecule has 12 nitrogen and oxygen atoms in total. The zero-order valence-electron chi connectivity index (χ0n) is 24.0. The number of carbonyl (C=O) groups excluding carboxylic acids is 1. The van der Waals surface area contributed by atoms with E-state index in [1.54, 1.807) is 20.0 Å². The van der Waals surface area contributed by atoms with Crippen molar-refractivity contribution in [2.24, 2.45) is 7.05 Å². The van der Waals surface area contributed by atoms with E-state index in [0.29, 0.717) is 46.6 Å². The Morgan fingerprint density at radius 2 is 1.93 bits per heavy atom. The Hall–Kier alpha value is -4.18. The van der Waals surface area contributed by atoms with Gasteiger partial charge in [-0.25, -0.2) is 23.1 Å². The summed E-state index contributed by atoms with van der Waals surface area (Å²) >= 11 is 5.99. The van der Waals surface area contributed by atoms with E-state index < -0.39 is 34.7 Å². The molecule has 0 spiro atoms. The number of hydrogen-bond acceptors (Lipinski definition) is 9. The summed E-state index contributed by atoms with van der Waals surface area (Å²) in [6, 6.07) is 5.92. The number of sulfonamides is 1. The number of halogens is 4. The van der Waals surface area contributed by atoms with E-state index in [1.807, 2.05) is 22.6 Å². The van der Waals surface area contributed by atoms with Crippen LogP contribution in [-0.2, 0) is 36.6 Å².